The summed E-state index contributed by atoms with van der Waals surface area (Å²) >= 11 is 1.38. The van der Waals surface area contributed by atoms with Gasteiger partial charge in [-0.2, -0.15) is 0 Å². The number of rotatable bonds is 4. The van der Waals surface area contributed by atoms with Gasteiger partial charge in [0, 0.05) is 17.6 Å². The summed E-state index contributed by atoms with van der Waals surface area (Å²) in [4.78, 5) is 17.9. The summed E-state index contributed by atoms with van der Waals surface area (Å²) in [5.41, 5.74) is 0. The van der Waals surface area contributed by atoms with Crippen LogP contribution in [0, 0.1) is 0 Å². The number of carbonyl (C=O) groups is 1. The normalized spacial score (nSPS) is 22.2. The summed E-state index contributed by atoms with van der Waals surface area (Å²) in [5.74, 6) is 0.0651. The number of aliphatic hydroxyl groups is 1. The smallest absolute Gasteiger partial charge is 0.205 e. The van der Waals surface area contributed by atoms with Crippen LogP contribution >= 0.6 is 11.3 Å². The number of Topliss-reactive ketones (excluding diaryl/α,β-unsaturated/α-hetero) is 1. The predicted octanol–water partition coefficient (Wildman–Crippen LogP) is 1.17. The van der Waals surface area contributed by atoms with Crippen molar-refractivity contribution in [1.82, 2.24) is 9.88 Å². The predicted molar refractivity (Wildman–Crippen MR) is 62.7 cm³/mol. The quantitative estimate of drug-likeness (QED) is 0.803. The molecule has 1 N–H and O–H groups in total. The van der Waals surface area contributed by atoms with E-state index in [1.54, 1.807) is 6.20 Å². The molecular formula is C11H16N2O2S. The Kier molecular flexibility index (Phi) is 4.04. The summed E-state index contributed by atoms with van der Waals surface area (Å²) in [5, 5.41) is 11.6. The van der Waals surface area contributed by atoms with Crippen molar-refractivity contribution in [3.8, 4) is 0 Å². The standard InChI is InChI=1S/C11H16N2O2S/c14-8-9-3-1-2-5-13(9)7-10(15)11-12-4-6-16-11/h4,6,9,14H,1-3,5,7-8H2/t9-/m0/s1. The molecule has 0 radical (unpaired) electrons. The van der Waals surface area contributed by atoms with Crippen LogP contribution in [0.1, 0.15) is 29.1 Å². The fraction of sp³-hybridized carbons (Fsp3) is 0.636. The lowest BCUT2D eigenvalue weighted by Crippen LogP contribution is -2.44. The number of likely N-dealkylation sites (tertiary alicyclic amines) is 1. The van der Waals surface area contributed by atoms with Gasteiger partial charge in [0.15, 0.2) is 5.01 Å². The number of carbonyl (C=O) groups excluding carboxylic acids is 1. The molecule has 4 nitrogen and oxygen atoms in total. The molecule has 0 unspecified atom stereocenters. The number of hydrogen-bond acceptors (Lipinski definition) is 5. The monoisotopic (exact) mass is 240 g/mol. The average Bonchev–Trinajstić information content (AvgIpc) is 2.83. The van der Waals surface area contributed by atoms with E-state index in [4.69, 9.17) is 0 Å². The van der Waals surface area contributed by atoms with Crippen molar-refractivity contribution >= 4 is 17.1 Å². The van der Waals surface area contributed by atoms with E-state index < -0.39 is 0 Å². The molecule has 5 heteroatoms. The Bertz CT molecular complexity index is 340. The largest absolute Gasteiger partial charge is 0.395 e. The van der Waals surface area contributed by atoms with Gasteiger partial charge in [0.05, 0.1) is 13.2 Å². The van der Waals surface area contributed by atoms with Crippen LogP contribution in [0.15, 0.2) is 11.6 Å². The zero-order chi connectivity index (χ0) is 11.4. The molecule has 1 atom stereocenters. The minimum atomic E-state index is 0.0651. The number of thiazole rings is 1. The zero-order valence-electron chi connectivity index (χ0n) is 9.13. The number of piperidine rings is 1. The highest BCUT2D eigenvalue weighted by molar-refractivity contribution is 7.11. The average molecular weight is 240 g/mol. The lowest BCUT2D eigenvalue weighted by atomic mass is 10.0. The van der Waals surface area contributed by atoms with Crippen LogP contribution in [0.3, 0.4) is 0 Å². The highest BCUT2D eigenvalue weighted by Crippen LogP contribution is 2.17. The van der Waals surface area contributed by atoms with Crippen LogP contribution in [0.2, 0.25) is 0 Å². The van der Waals surface area contributed by atoms with E-state index >= 15 is 0 Å². The Morgan fingerprint density at radius 2 is 2.50 bits per heavy atom. The molecule has 2 heterocycles. The molecule has 0 saturated carbocycles. The second-order valence-corrected chi connectivity index (χ2v) is 4.96. The molecule has 88 valence electrons. The van der Waals surface area contributed by atoms with E-state index in [2.05, 4.69) is 9.88 Å². The zero-order valence-corrected chi connectivity index (χ0v) is 9.95. The summed E-state index contributed by atoms with van der Waals surface area (Å²) in [6.07, 6.45) is 4.90. The number of ketones is 1. The van der Waals surface area contributed by atoms with E-state index in [1.165, 1.54) is 11.3 Å². The molecule has 1 aromatic heterocycles. The highest BCUT2D eigenvalue weighted by atomic mass is 32.1. The number of hydrogen-bond donors (Lipinski definition) is 1. The fourth-order valence-electron chi connectivity index (χ4n) is 2.09. The molecule has 1 saturated heterocycles. The van der Waals surface area contributed by atoms with E-state index in [-0.39, 0.29) is 18.4 Å². The van der Waals surface area contributed by atoms with Crippen molar-refractivity contribution in [2.45, 2.75) is 25.3 Å². The topological polar surface area (TPSA) is 53.4 Å². The SMILES string of the molecule is O=C(CN1CCCC[C@H]1CO)c1nccs1. The van der Waals surface area contributed by atoms with Crippen LogP contribution in [-0.4, -0.2) is 46.5 Å². The lowest BCUT2D eigenvalue weighted by Gasteiger charge is -2.33. The summed E-state index contributed by atoms with van der Waals surface area (Å²) in [7, 11) is 0. The maximum atomic E-state index is 11.9. The molecule has 16 heavy (non-hydrogen) atoms. The molecule has 1 aromatic rings. The van der Waals surface area contributed by atoms with Crippen molar-refractivity contribution in [2.24, 2.45) is 0 Å². The van der Waals surface area contributed by atoms with Crippen LogP contribution in [-0.2, 0) is 0 Å². The van der Waals surface area contributed by atoms with Gasteiger partial charge in [-0.3, -0.25) is 9.69 Å². The first kappa shape index (κ1) is 11.7. The van der Waals surface area contributed by atoms with Crippen LogP contribution in [0.25, 0.3) is 0 Å². The van der Waals surface area contributed by atoms with Crippen molar-refractivity contribution < 1.29 is 9.90 Å². The molecular weight excluding hydrogens is 224 g/mol. The molecule has 0 spiro atoms. The van der Waals surface area contributed by atoms with Gasteiger partial charge in [0.1, 0.15) is 0 Å². The lowest BCUT2D eigenvalue weighted by molar-refractivity contribution is 0.0711. The number of aliphatic hydroxyl groups excluding tert-OH is 1. The number of nitrogens with zero attached hydrogens (tertiary/aromatic N) is 2. The van der Waals surface area contributed by atoms with Gasteiger partial charge in [-0.1, -0.05) is 6.42 Å². The second-order valence-electron chi connectivity index (χ2n) is 4.06. The van der Waals surface area contributed by atoms with Crippen molar-refractivity contribution in [2.75, 3.05) is 19.7 Å². The Hall–Kier alpha value is -0.780. The first-order valence-corrected chi connectivity index (χ1v) is 6.47. The molecule has 1 aliphatic rings. The molecule has 1 aliphatic heterocycles. The minimum Gasteiger partial charge on any atom is -0.395 e. The summed E-state index contributed by atoms with van der Waals surface area (Å²) in [6, 6.07) is 0.151. The van der Waals surface area contributed by atoms with Crippen LogP contribution in [0.4, 0.5) is 0 Å². The molecule has 0 amide bonds. The van der Waals surface area contributed by atoms with Gasteiger partial charge in [0.25, 0.3) is 0 Å². The maximum absolute atomic E-state index is 11.9. The number of aromatic nitrogens is 1. The minimum absolute atomic E-state index is 0.0651. The third-order valence-electron chi connectivity index (χ3n) is 2.98. The van der Waals surface area contributed by atoms with Crippen LogP contribution < -0.4 is 0 Å². The maximum Gasteiger partial charge on any atom is 0.205 e. The third-order valence-corrected chi connectivity index (χ3v) is 3.79. The van der Waals surface area contributed by atoms with E-state index in [0.717, 1.165) is 25.8 Å². The van der Waals surface area contributed by atoms with Gasteiger partial charge >= 0.3 is 0 Å². The molecule has 0 aromatic carbocycles. The van der Waals surface area contributed by atoms with E-state index in [1.807, 2.05) is 5.38 Å². The summed E-state index contributed by atoms with van der Waals surface area (Å²) in [6.45, 7) is 1.44. The molecule has 0 aliphatic carbocycles. The molecule has 0 bridgehead atoms. The molecule has 1 fully saturated rings. The van der Waals surface area contributed by atoms with Gasteiger partial charge in [-0.15, -0.1) is 11.3 Å². The van der Waals surface area contributed by atoms with Crippen molar-refractivity contribution in [3.05, 3.63) is 16.6 Å². The Morgan fingerprint density at radius 1 is 1.62 bits per heavy atom. The Balaban J connectivity index is 1.95. The van der Waals surface area contributed by atoms with Gasteiger partial charge < -0.3 is 5.11 Å². The second kappa shape index (κ2) is 5.52. The van der Waals surface area contributed by atoms with E-state index in [0.29, 0.717) is 11.6 Å². The highest BCUT2D eigenvalue weighted by Gasteiger charge is 2.24. The van der Waals surface area contributed by atoms with Gasteiger partial charge in [-0.05, 0) is 19.4 Å². The summed E-state index contributed by atoms with van der Waals surface area (Å²) < 4.78 is 0. The first-order valence-electron chi connectivity index (χ1n) is 5.59. The fourth-order valence-corrected chi connectivity index (χ4v) is 2.66. The van der Waals surface area contributed by atoms with Crippen LogP contribution in [0.5, 0.6) is 0 Å². The van der Waals surface area contributed by atoms with Gasteiger partial charge in [-0.25, -0.2) is 4.98 Å². The van der Waals surface area contributed by atoms with Crippen molar-refractivity contribution in [3.63, 3.8) is 0 Å². The Labute approximate surface area is 98.9 Å². The Morgan fingerprint density at radius 3 is 3.19 bits per heavy atom. The van der Waals surface area contributed by atoms with E-state index in [9.17, 15) is 9.90 Å². The van der Waals surface area contributed by atoms with Gasteiger partial charge in [0.2, 0.25) is 5.78 Å². The molecule has 2 rings (SSSR count). The van der Waals surface area contributed by atoms with Crippen molar-refractivity contribution in [1.29, 1.82) is 0 Å². The first-order chi connectivity index (χ1) is 7.81. The third kappa shape index (κ3) is 2.66.